The van der Waals surface area contributed by atoms with Crippen LogP contribution >= 0.6 is 11.6 Å². The Hall–Kier alpha value is -2.37. The second-order valence-electron chi connectivity index (χ2n) is 7.74. The molecule has 2 aliphatic rings. The minimum Gasteiger partial charge on any atom is -0.360 e. The molecule has 2 heterocycles. The van der Waals surface area contributed by atoms with Crippen molar-refractivity contribution in [3.63, 3.8) is 0 Å². The maximum absolute atomic E-state index is 13.1. The van der Waals surface area contributed by atoms with E-state index in [-0.39, 0.29) is 17.9 Å². The summed E-state index contributed by atoms with van der Waals surface area (Å²) in [7, 11) is 0. The molecule has 0 spiro atoms. The number of nitrogens with one attached hydrogen (secondary N) is 1. The zero-order valence-electron chi connectivity index (χ0n) is 16.2. The number of quaternary nitrogens is 1. The van der Waals surface area contributed by atoms with E-state index in [1.807, 2.05) is 56.3 Å². The quantitative estimate of drug-likeness (QED) is 0.804. The van der Waals surface area contributed by atoms with Crippen LogP contribution in [0, 0.1) is 13.8 Å². The number of hydrogen-bond donors (Lipinski definition) is 1. The van der Waals surface area contributed by atoms with Crippen molar-refractivity contribution in [1.82, 2.24) is 0 Å². The van der Waals surface area contributed by atoms with E-state index in [2.05, 4.69) is 4.90 Å². The first kappa shape index (κ1) is 19.0. The molecule has 2 fully saturated rings. The molecular weight excluding hydrogens is 374 g/mol. The summed E-state index contributed by atoms with van der Waals surface area (Å²) in [6, 6.07) is 13.4. The lowest BCUT2D eigenvalue weighted by atomic mass is 10.1. The van der Waals surface area contributed by atoms with Gasteiger partial charge in [0.05, 0.1) is 38.3 Å². The number of anilines is 2. The summed E-state index contributed by atoms with van der Waals surface area (Å²) in [5.41, 5.74) is 3.96. The molecule has 2 saturated heterocycles. The molecule has 0 bridgehead atoms. The van der Waals surface area contributed by atoms with Crippen LogP contribution in [0.3, 0.4) is 0 Å². The lowest BCUT2D eigenvalue weighted by Crippen LogP contribution is -3.19. The van der Waals surface area contributed by atoms with Crippen molar-refractivity contribution in [2.75, 3.05) is 36.0 Å². The molecule has 2 amide bonds. The summed E-state index contributed by atoms with van der Waals surface area (Å²) in [6.07, 6.45) is 0.294. The molecule has 0 radical (unpaired) electrons. The molecule has 1 N–H and O–H groups in total. The van der Waals surface area contributed by atoms with Crippen molar-refractivity contribution in [3.8, 4) is 0 Å². The van der Waals surface area contributed by atoms with Gasteiger partial charge in [-0.2, -0.15) is 0 Å². The standard InChI is InChI=1S/C22H24ClN3O2/c1-15-3-8-19(16(2)13-15)26-21(27)14-20(22(26)28)25-11-9-24(10-12-25)18-6-4-17(23)5-7-18/h3-8,13,20H,9-12,14H2,1-2H3/p+1. The molecule has 2 aromatic rings. The van der Waals surface area contributed by atoms with Crippen molar-refractivity contribution >= 4 is 34.8 Å². The van der Waals surface area contributed by atoms with Crippen molar-refractivity contribution < 1.29 is 14.5 Å². The topological polar surface area (TPSA) is 45.1 Å². The Morgan fingerprint density at radius 1 is 1.00 bits per heavy atom. The van der Waals surface area contributed by atoms with Gasteiger partial charge < -0.3 is 9.80 Å². The van der Waals surface area contributed by atoms with Crippen LogP contribution in [-0.4, -0.2) is 44.0 Å². The average molecular weight is 399 g/mol. The third kappa shape index (κ3) is 3.52. The van der Waals surface area contributed by atoms with E-state index < -0.39 is 0 Å². The number of amides is 2. The lowest BCUT2D eigenvalue weighted by molar-refractivity contribution is -0.915. The lowest BCUT2D eigenvalue weighted by Gasteiger charge is -2.35. The van der Waals surface area contributed by atoms with Gasteiger partial charge in [0, 0.05) is 10.7 Å². The van der Waals surface area contributed by atoms with Gasteiger partial charge in [-0.15, -0.1) is 0 Å². The summed E-state index contributed by atoms with van der Waals surface area (Å²) in [4.78, 5) is 30.7. The molecule has 0 aliphatic carbocycles. The number of hydrogen-bond acceptors (Lipinski definition) is 3. The van der Waals surface area contributed by atoms with E-state index in [0.717, 1.165) is 53.7 Å². The molecule has 0 saturated carbocycles. The van der Waals surface area contributed by atoms with Crippen molar-refractivity contribution in [3.05, 3.63) is 58.6 Å². The highest BCUT2D eigenvalue weighted by molar-refractivity contribution is 6.30. The largest absolute Gasteiger partial charge is 0.360 e. The predicted octanol–water partition coefficient (Wildman–Crippen LogP) is 1.99. The van der Waals surface area contributed by atoms with Crippen molar-refractivity contribution in [2.45, 2.75) is 26.3 Å². The minimum absolute atomic E-state index is 0.0631. The summed E-state index contributed by atoms with van der Waals surface area (Å²) < 4.78 is 0. The third-order valence-corrected chi connectivity index (χ3v) is 6.08. The van der Waals surface area contributed by atoms with Crippen LogP contribution in [0.25, 0.3) is 0 Å². The van der Waals surface area contributed by atoms with Crippen LogP contribution in [-0.2, 0) is 9.59 Å². The van der Waals surface area contributed by atoms with E-state index >= 15 is 0 Å². The summed E-state index contributed by atoms with van der Waals surface area (Å²) in [5, 5.41) is 0.731. The second kappa shape index (κ2) is 7.57. The second-order valence-corrected chi connectivity index (χ2v) is 8.17. The summed E-state index contributed by atoms with van der Waals surface area (Å²) in [5.74, 6) is -0.151. The highest BCUT2D eigenvalue weighted by atomic mass is 35.5. The molecule has 0 aromatic heterocycles. The Kier molecular flexibility index (Phi) is 5.13. The monoisotopic (exact) mass is 398 g/mol. The highest BCUT2D eigenvalue weighted by Gasteiger charge is 2.46. The number of piperazine rings is 1. The van der Waals surface area contributed by atoms with E-state index in [9.17, 15) is 9.59 Å². The van der Waals surface area contributed by atoms with Gasteiger partial charge in [0.15, 0.2) is 6.04 Å². The molecule has 5 nitrogen and oxygen atoms in total. The van der Waals surface area contributed by atoms with Crippen LogP contribution in [0.5, 0.6) is 0 Å². The Morgan fingerprint density at radius 2 is 1.68 bits per heavy atom. The Balaban J connectivity index is 1.45. The van der Waals surface area contributed by atoms with Gasteiger partial charge in [-0.3, -0.25) is 9.59 Å². The first-order chi connectivity index (χ1) is 13.4. The third-order valence-electron chi connectivity index (χ3n) is 5.83. The summed E-state index contributed by atoms with van der Waals surface area (Å²) in [6.45, 7) is 7.36. The van der Waals surface area contributed by atoms with Gasteiger partial charge in [0.1, 0.15) is 0 Å². The van der Waals surface area contributed by atoms with Crippen LogP contribution in [0.15, 0.2) is 42.5 Å². The van der Waals surface area contributed by atoms with E-state index in [1.165, 1.54) is 9.80 Å². The number of imide groups is 1. The molecule has 2 aromatic carbocycles. The number of aryl methyl sites for hydroxylation is 2. The van der Waals surface area contributed by atoms with E-state index in [4.69, 9.17) is 11.6 Å². The Morgan fingerprint density at radius 3 is 2.32 bits per heavy atom. The van der Waals surface area contributed by atoms with Crippen molar-refractivity contribution in [2.24, 2.45) is 0 Å². The fourth-order valence-corrected chi connectivity index (χ4v) is 4.44. The van der Waals surface area contributed by atoms with Gasteiger partial charge in [-0.25, -0.2) is 4.90 Å². The predicted molar refractivity (Wildman–Crippen MR) is 111 cm³/mol. The molecule has 6 heteroatoms. The number of carbonyl (C=O) groups is 2. The summed E-state index contributed by atoms with van der Waals surface area (Å²) >= 11 is 5.98. The van der Waals surface area contributed by atoms with Crippen molar-refractivity contribution in [1.29, 1.82) is 0 Å². The Labute approximate surface area is 170 Å². The SMILES string of the molecule is Cc1ccc(N2C(=O)CC([NH+]3CCN(c4ccc(Cl)cc4)CC3)C2=O)c(C)c1. The number of halogens is 1. The van der Waals surface area contributed by atoms with Crippen LogP contribution in [0.2, 0.25) is 5.02 Å². The average Bonchev–Trinajstić information content (AvgIpc) is 2.97. The minimum atomic E-state index is -0.277. The first-order valence-corrected chi connectivity index (χ1v) is 10.1. The van der Waals surface area contributed by atoms with E-state index in [0.29, 0.717) is 6.42 Å². The number of carbonyl (C=O) groups excluding carboxylic acids is 2. The number of nitrogens with zero attached hydrogens (tertiary/aromatic N) is 2. The number of rotatable bonds is 3. The maximum Gasteiger partial charge on any atom is 0.292 e. The molecule has 1 unspecified atom stereocenters. The molecule has 4 rings (SSSR count). The number of benzene rings is 2. The van der Waals surface area contributed by atoms with Gasteiger partial charge in [0.25, 0.3) is 5.91 Å². The molecule has 1 atom stereocenters. The van der Waals surface area contributed by atoms with E-state index in [1.54, 1.807) is 0 Å². The van der Waals surface area contributed by atoms with Crippen LogP contribution in [0.1, 0.15) is 17.5 Å². The molecule has 28 heavy (non-hydrogen) atoms. The van der Waals surface area contributed by atoms with Gasteiger partial charge in [-0.05, 0) is 49.7 Å². The van der Waals surface area contributed by atoms with Gasteiger partial charge >= 0.3 is 0 Å². The zero-order chi connectivity index (χ0) is 19.8. The maximum atomic E-state index is 13.1. The highest BCUT2D eigenvalue weighted by Crippen LogP contribution is 2.26. The normalized spacial score (nSPS) is 20.9. The Bertz CT molecular complexity index is 904. The van der Waals surface area contributed by atoms with Gasteiger partial charge in [-0.1, -0.05) is 29.3 Å². The van der Waals surface area contributed by atoms with Crippen LogP contribution < -0.4 is 14.7 Å². The fraction of sp³-hybridized carbons (Fsp3) is 0.364. The molecular formula is C22H25ClN3O2+. The fourth-order valence-electron chi connectivity index (χ4n) is 4.31. The molecule has 146 valence electrons. The van der Waals surface area contributed by atoms with Gasteiger partial charge in [0.2, 0.25) is 5.91 Å². The first-order valence-electron chi connectivity index (χ1n) is 9.73. The van der Waals surface area contributed by atoms with Crippen LogP contribution in [0.4, 0.5) is 11.4 Å². The molecule has 2 aliphatic heterocycles. The zero-order valence-corrected chi connectivity index (χ0v) is 17.0. The smallest absolute Gasteiger partial charge is 0.292 e.